The Kier molecular flexibility index (Phi) is 5.29. The first-order valence-corrected chi connectivity index (χ1v) is 9.61. The van der Waals surface area contributed by atoms with Crippen molar-refractivity contribution in [1.82, 2.24) is 0 Å². The lowest BCUT2D eigenvalue weighted by molar-refractivity contribution is -0.118. The molecule has 146 valence electrons. The van der Waals surface area contributed by atoms with Crippen LogP contribution in [0.15, 0.2) is 72.8 Å². The first-order chi connectivity index (χ1) is 14.1. The van der Waals surface area contributed by atoms with Crippen molar-refractivity contribution in [3.05, 3.63) is 89.5 Å². The van der Waals surface area contributed by atoms with Crippen molar-refractivity contribution in [2.24, 2.45) is 0 Å². The number of para-hydroxylation sites is 2. The highest BCUT2D eigenvalue weighted by Crippen LogP contribution is 2.34. The first-order valence-electron chi connectivity index (χ1n) is 9.61. The van der Waals surface area contributed by atoms with E-state index in [0.29, 0.717) is 24.3 Å². The van der Waals surface area contributed by atoms with Crippen LogP contribution in [0.3, 0.4) is 0 Å². The van der Waals surface area contributed by atoms with E-state index < -0.39 is 0 Å². The topological polar surface area (TPSA) is 67.4 Å². The fourth-order valence-corrected chi connectivity index (χ4v) is 3.55. The second-order valence-corrected chi connectivity index (χ2v) is 7.09. The highest BCUT2D eigenvalue weighted by molar-refractivity contribution is 6.10. The Bertz CT molecular complexity index is 1060. The molecule has 1 aliphatic rings. The number of hydrogen-bond acceptors (Lipinski definition) is 3. The zero-order chi connectivity index (χ0) is 20.2. The Morgan fingerprint density at radius 2 is 1.72 bits per heavy atom. The van der Waals surface area contributed by atoms with Crippen molar-refractivity contribution in [1.29, 1.82) is 0 Å². The summed E-state index contributed by atoms with van der Waals surface area (Å²) < 4.78 is 5.65. The average molecular weight is 386 g/mol. The molecule has 1 heterocycles. The van der Waals surface area contributed by atoms with E-state index in [1.54, 1.807) is 24.3 Å². The third-order valence-corrected chi connectivity index (χ3v) is 4.98. The maximum absolute atomic E-state index is 13.0. The molecular formula is C24H22N2O3. The van der Waals surface area contributed by atoms with E-state index in [2.05, 4.69) is 10.6 Å². The number of fused-ring (bicyclic) bond motifs is 1. The van der Waals surface area contributed by atoms with E-state index >= 15 is 0 Å². The zero-order valence-corrected chi connectivity index (χ0v) is 16.1. The van der Waals surface area contributed by atoms with E-state index in [9.17, 15) is 9.59 Å². The minimum absolute atomic E-state index is 0.142. The predicted octanol–water partition coefficient (Wildman–Crippen LogP) is 4.75. The number of aryl methyl sites for hydroxylation is 1. The molecule has 0 saturated heterocycles. The summed E-state index contributed by atoms with van der Waals surface area (Å²) in [4.78, 5) is 25.8. The van der Waals surface area contributed by atoms with Gasteiger partial charge in [-0.3, -0.25) is 9.59 Å². The molecule has 2 amide bonds. The summed E-state index contributed by atoms with van der Waals surface area (Å²) in [6, 6.07) is 22.2. The van der Waals surface area contributed by atoms with Crippen LogP contribution in [0.2, 0.25) is 0 Å². The van der Waals surface area contributed by atoms with Gasteiger partial charge in [-0.1, -0.05) is 42.5 Å². The second-order valence-electron chi connectivity index (χ2n) is 7.09. The van der Waals surface area contributed by atoms with Crippen LogP contribution in [0.25, 0.3) is 0 Å². The lowest BCUT2D eigenvalue weighted by atomic mass is 9.92. The number of amides is 2. The number of carbonyl (C=O) groups excluding carboxylic acids is 2. The standard InChI is InChI=1S/C24H22N2O3/c1-16-7-6-8-17(15-16)25-24(28)20-10-2-4-11-21(20)26-23(27)19-13-14-29-22-12-5-3-9-18(19)22/h2-12,15,19H,13-14H2,1H3,(H,25,28)(H,26,27). The summed E-state index contributed by atoms with van der Waals surface area (Å²) in [5, 5.41) is 5.84. The summed E-state index contributed by atoms with van der Waals surface area (Å²) in [5.74, 6) is 0.0210. The molecule has 0 radical (unpaired) electrons. The quantitative estimate of drug-likeness (QED) is 0.680. The minimum Gasteiger partial charge on any atom is -0.493 e. The molecule has 1 aliphatic heterocycles. The monoisotopic (exact) mass is 386 g/mol. The Hall–Kier alpha value is -3.60. The van der Waals surface area contributed by atoms with Crippen molar-refractivity contribution < 1.29 is 14.3 Å². The van der Waals surface area contributed by atoms with Gasteiger partial charge in [0.15, 0.2) is 0 Å². The van der Waals surface area contributed by atoms with E-state index in [1.165, 1.54) is 0 Å². The fourth-order valence-electron chi connectivity index (χ4n) is 3.55. The van der Waals surface area contributed by atoms with Crippen LogP contribution >= 0.6 is 0 Å². The number of benzene rings is 3. The number of carbonyl (C=O) groups is 2. The Morgan fingerprint density at radius 3 is 2.59 bits per heavy atom. The van der Waals surface area contributed by atoms with Gasteiger partial charge in [-0.2, -0.15) is 0 Å². The molecule has 0 saturated carbocycles. The van der Waals surface area contributed by atoms with Crippen LogP contribution in [0.1, 0.15) is 33.8 Å². The summed E-state index contributed by atoms with van der Waals surface area (Å²) in [5.41, 5.74) is 3.56. The Balaban J connectivity index is 1.54. The van der Waals surface area contributed by atoms with Gasteiger partial charge in [0, 0.05) is 11.3 Å². The van der Waals surface area contributed by atoms with E-state index in [0.717, 1.165) is 22.6 Å². The predicted molar refractivity (Wildman–Crippen MR) is 113 cm³/mol. The largest absolute Gasteiger partial charge is 0.493 e. The van der Waals surface area contributed by atoms with Crippen molar-refractivity contribution in [3.8, 4) is 5.75 Å². The molecule has 3 aromatic carbocycles. The molecule has 0 aromatic heterocycles. The van der Waals surface area contributed by atoms with Gasteiger partial charge >= 0.3 is 0 Å². The van der Waals surface area contributed by atoms with Gasteiger partial charge < -0.3 is 15.4 Å². The fraction of sp³-hybridized carbons (Fsp3) is 0.167. The maximum atomic E-state index is 13.0. The molecule has 0 bridgehead atoms. The van der Waals surface area contributed by atoms with Crippen LogP contribution in [-0.2, 0) is 4.79 Å². The molecule has 3 aromatic rings. The Morgan fingerprint density at radius 1 is 0.931 bits per heavy atom. The SMILES string of the molecule is Cc1cccc(NC(=O)c2ccccc2NC(=O)C2CCOc3ccccc32)c1. The minimum atomic E-state index is -0.312. The van der Waals surface area contributed by atoms with Crippen LogP contribution in [0, 0.1) is 6.92 Å². The van der Waals surface area contributed by atoms with Gasteiger partial charge in [-0.25, -0.2) is 0 Å². The molecule has 0 aliphatic carbocycles. The summed E-state index contributed by atoms with van der Waals surface area (Å²) >= 11 is 0. The molecule has 0 fully saturated rings. The van der Waals surface area contributed by atoms with Gasteiger partial charge in [-0.05, 0) is 49.2 Å². The van der Waals surface area contributed by atoms with E-state index in [-0.39, 0.29) is 17.7 Å². The van der Waals surface area contributed by atoms with Gasteiger partial charge in [0.05, 0.1) is 23.8 Å². The molecule has 1 unspecified atom stereocenters. The zero-order valence-electron chi connectivity index (χ0n) is 16.1. The van der Waals surface area contributed by atoms with E-state index in [1.807, 2.05) is 55.5 Å². The van der Waals surface area contributed by atoms with E-state index in [4.69, 9.17) is 4.74 Å². The van der Waals surface area contributed by atoms with Crippen LogP contribution in [0.5, 0.6) is 5.75 Å². The normalized spacial score (nSPS) is 15.0. The molecule has 29 heavy (non-hydrogen) atoms. The average Bonchev–Trinajstić information content (AvgIpc) is 2.73. The van der Waals surface area contributed by atoms with Gasteiger partial charge in [-0.15, -0.1) is 0 Å². The number of anilines is 2. The molecule has 5 nitrogen and oxygen atoms in total. The van der Waals surface area contributed by atoms with Gasteiger partial charge in [0.25, 0.3) is 5.91 Å². The molecule has 0 spiro atoms. The number of ether oxygens (including phenoxy) is 1. The van der Waals surface area contributed by atoms with Crippen molar-refractivity contribution in [3.63, 3.8) is 0 Å². The number of rotatable bonds is 4. The van der Waals surface area contributed by atoms with Crippen molar-refractivity contribution in [2.75, 3.05) is 17.2 Å². The van der Waals surface area contributed by atoms with Gasteiger partial charge in [0.2, 0.25) is 5.91 Å². The Labute approximate surface area is 169 Å². The number of nitrogens with one attached hydrogen (secondary N) is 2. The highest BCUT2D eigenvalue weighted by Gasteiger charge is 2.28. The van der Waals surface area contributed by atoms with Crippen molar-refractivity contribution in [2.45, 2.75) is 19.3 Å². The smallest absolute Gasteiger partial charge is 0.257 e. The molecule has 2 N–H and O–H groups in total. The molecule has 1 atom stereocenters. The molecular weight excluding hydrogens is 364 g/mol. The lowest BCUT2D eigenvalue weighted by Crippen LogP contribution is -2.27. The number of hydrogen-bond donors (Lipinski definition) is 2. The van der Waals surface area contributed by atoms with Crippen LogP contribution in [0.4, 0.5) is 11.4 Å². The molecule has 4 rings (SSSR count). The third kappa shape index (κ3) is 4.14. The highest BCUT2D eigenvalue weighted by atomic mass is 16.5. The molecule has 5 heteroatoms. The summed E-state index contributed by atoms with van der Waals surface area (Å²) in [6.07, 6.45) is 0.598. The summed E-state index contributed by atoms with van der Waals surface area (Å²) in [6.45, 7) is 2.46. The van der Waals surface area contributed by atoms with Crippen LogP contribution in [-0.4, -0.2) is 18.4 Å². The van der Waals surface area contributed by atoms with Crippen LogP contribution < -0.4 is 15.4 Å². The second kappa shape index (κ2) is 8.19. The first kappa shape index (κ1) is 18.7. The summed E-state index contributed by atoms with van der Waals surface area (Å²) in [7, 11) is 0. The maximum Gasteiger partial charge on any atom is 0.257 e. The van der Waals surface area contributed by atoms with Crippen molar-refractivity contribution >= 4 is 23.2 Å². The third-order valence-electron chi connectivity index (χ3n) is 4.98. The van der Waals surface area contributed by atoms with Gasteiger partial charge in [0.1, 0.15) is 5.75 Å². The lowest BCUT2D eigenvalue weighted by Gasteiger charge is -2.25.